The fourth-order valence-electron chi connectivity index (χ4n) is 3.57. The average molecular weight is 256 g/mol. The first kappa shape index (κ1) is 13.2. The molecule has 2 aliphatic carbocycles. The van der Waals surface area contributed by atoms with Crippen LogP contribution in [0.2, 0.25) is 0 Å². The van der Waals surface area contributed by atoms with E-state index in [-0.39, 0.29) is 21.9 Å². The maximum absolute atomic E-state index is 10.7. The molecule has 102 valence electrons. The Morgan fingerprint density at radius 2 is 0.889 bits per heavy atom. The molecule has 2 aliphatic rings. The molecule has 0 bridgehead atoms. The molecule has 0 aromatic heterocycles. The summed E-state index contributed by atoms with van der Waals surface area (Å²) in [6.45, 7) is 0. The summed E-state index contributed by atoms with van der Waals surface area (Å²) >= 11 is 0. The first-order valence-corrected chi connectivity index (χ1v) is 6.85. The van der Waals surface area contributed by atoms with E-state index in [4.69, 9.17) is 0 Å². The third-order valence-electron chi connectivity index (χ3n) is 4.75. The zero-order chi connectivity index (χ0) is 13.1. The molecule has 18 heavy (non-hydrogen) atoms. The van der Waals surface area contributed by atoms with Crippen LogP contribution in [0.4, 0.5) is 0 Å². The molecule has 2 saturated carbocycles. The highest BCUT2D eigenvalue weighted by Crippen LogP contribution is 2.39. The number of nitro groups is 2. The first-order chi connectivity index (χ1) is 8.58. The Labute approximate surface area is 106 Å². The van der Waals surface area contributed by atoms with Gasteiger partial charge in [-0.25, -0.2) is 0 Å². The normalized spacial score (nSPS) is 37.1. The maximum Gasteiger partial charge on any atom is 0.213 e. The van der Waals surface area contributed by atoms with Crippen molar-refractivity contribution in [3.63, 3.8) is 0 Å². The Morgan fingerprint density at radius 1 is 0.611 bits per heavy atom. The van der Waals surface area contributed by atoms with Gasteiger partial charge in [-0.15, -0.1) is 0 Å². The summed E-state index contributed by atoms with van der Waals surface area (Å²) in [5, 5.41) is 21.4. The van der Waals surface area contributed by atoms with E-state index in [2.05, 4.69) is 0 Å². The quantitative estimate of drug-likeness (QED) is 0.573. The Balaban J connectivity index is 1.78. The monoisotopic (exact) mass is 256 g/mol. The van der Waals surface area contributed by atoms with E-state index >= 15 is 0 Å². The predicted molar refractivity (Wildman–Crippen MR) is 65.5 cm³/mol. The van der Waals surface area contributed by atoms with Gasteiger partial charge in [-0.1, -0.05) is 0 Å². The molecule has 0 aliphatic heterocycles. The van der Waals surface area contributed by atoms with Gasteiger partial charge in [0.25, 0.3) is 0 Å². The van der Waals surface area contributed by atoms with E-state index in [0.717, 1.165) is 25.7 Å². The van der Waals surface area contributed by atoms with E-state index in [0.29, 0.717) is 37.5 Å². The van der Waals surface area contributed by atoms with E-state index in [1.807, 2.05) is 0 Å². The third kappa shape index (κ3) is 2.97. The van der Waals surface area contributed by atoms with Crippen molar-refractivity contribution in [2.24, 2.45) is 11.8 Å². The van der Waals surface area contributed by atoms with Gasteiger partial charge in [0.1, 0.15) is 0 Å². The lowest BCUT2D eigenvalue weighted by atomic mass is 9.71. The molecule has 2 fully saturated rings. The van der Waals surface area contributed by atoms with E-state index in [1.165, 1.54) is 0 Å². The Hall–Kier alpha value is -1.20. The van der Waals surface area contributed by atoms with Crippen molar-refractivity contribution in [2.75, 3.05) is 0 Å². The van der Waals surface area contributed by atoms with Crippen LogP contribution in [0.1, 0.15) is 51.4 Å². The van der Waals surface area contributed by atoms with Crippen LogP contribution < -0.4 is 0 Å². The van der Waals surface area contributed by atoms with Gasteiger partial charge in [-0.3, -0.25) is 20.2 Å². The molecule has 0 atom stereocenters. The number of nitrogens with zero attached hydrogens (tertiary/aromatic N) is 2. The fraction of sp³-hybridized carbons (Fsp3) is 1.00. The van der Waals surface area contributed by atoms with Crippen molar-refractivity contribution in [1.82, 2.24) is 0 Å². The summed E-state index contributed by atoms with van der Waals surface area (Å²) in [6, 6.07) is -0.701. The van der Waals surface area contributed by atoms with Crippen LogP contribution in [-0.4, -0.2) is 21.9 Å². The minimum Gasteiger partial charge on any atom is -0.264 e. The topological polar surface area (TPSA) is 86.3 Å². The lowest BCUT2D eigenvalue weighted by molar-refractivity contribution is -0.529. The van der Waals surface area contributed by atoms with Crippen LogP contribution in [0.15, 0.2) is 0 Å². The minimum atomic E-state index is -0.351. The van der Waals surface area contributed by atoms with Gasteiger partial charge in [-0.05, 0) is 37.5 Å². The van der Waals surface area contributed by atoms with Crippen molar-refractivity contribution in [2.45, 2.75) is 63.5 Å². The average Bonchev–Trinajstić information content (AvgIpc) is 2.39. The van der Waals surface area contributed by atoms with Crippen molar-refractivity contribution in [1.29, 1.82) is 0 Å². The smallest absolute Gasteiger partial charge is 0.213 e. The molecule has 0 N–H and O–H groups in total. The highest BCUT2D eigenvalue weighted by molar-refractivity contribution is 4.82. The summed E-state index contributed by atoms with van der Waals surface area (Å²) in [6.07, 6.45) is 6.47. The van der Waals surface area contributed by atoms with Crippen molar-refractivity contribution in [3.8, 4) is 0 Å². The van der Waals surface area contributed by atoms with Crippen molar-refractivity contribution >= 4 is 0 Å². The van der Waals surface area contributed by atoms with E-state index < -0.39 is 0 Å². The van der Waals surface area contributed by atoms with Gasteiger partial charge in [0.2, 0.25) is 12.1 Å². The number of rotatable bonds is 3. The molecule has 0 radical (unpaired) electrons. The number of hydrogen-bond donors (Lipinski definition) is 0. The largest absolute Gasteiger partial charge is 0.264 e. The van der Waals surface area contributed by atoms with Gasteiger partial charge < -0.3 is 0 Å². The summed E-state index contributed by atoms with van der Waals surface area (Å²) in [7, 11) is 0. The zero-order valence-electron chi connectivity index (χ0n) is 10.5. The standard InChI is InChI=1S/C12H20N2O4/c15-13(16)11-5-1-9(2-6-11)10-3-7-12(8-4-10)14(17)18/h9-12H,1-8H2. The lowest BCUT2D eigenvalue weighted by Gasteiger charge is -2.34. The number of hydrogen-bond acceptors (Lipinski definition) is 4. The van der Waals surface area contributed by atoms with Gasteiger partial charge >= 0.3 is 0 Å². The van der Waals surface area contributed by atoms with Gasteiger partial charge in [-0.2, -0.15) is 0 Å². The molecule has 0 saturated heterocycles. The summed E-state index contributed by atoms with van der Waals surface area (Å²) in [5.41, 5.74) is 0. The molecule has 0 amide bonds. The lowest BCUT2D eigenvalue weighted by Crippen LogP contribution is -2.33. The first-order valence-electron chi connectivity index (χ1n) is 6.85. The van der Waals surface area contributed by atoms with E-state index in [1.54, 1.807) is 0 Å². The molecule has 0 aromatic rings. The highest BCUT2D eigenvalue weighted by atomic mass is 16.6. The van der Waals surface area contributed by atoms with Crippen LogP contribution in [0.3, 0.4) is 0 Å². The molecule has 2 rings (SSSR count). The molecule has 0 aromatic carbocycles. The predicted octanol–water partition coefficient (Wildman–Crippen LogP) is 2.66. The Morgan fingerprint density at radius 3 is 1.11 bits per heavy atom. The van der Waals surface area contributed by atoms with Crippen LogP contribution in [0, 0.1) is 32.1 Å². The second-order valence-electron chi connectivity index (χ2n) is 5.71. The third-order valence-corrected chi connectivity index (χ3v) is 4.75. The molecule has 0 unspecified atom stereocenters. The summed E-state index contributed by atoms with van der Waals surface area (Å²) in [5.74, 6) is 1.13. The van der Waals surface area contributed by atoms with Crippen LogP contribution in [0.5, 0.6) is 0 Å². The van der Waals surface area contributed by atoms with Crippen LogP contribution in [0.25, 0.3) is 0 Å². The molecule has 6 nitrogen and oxygen atoms in total. The van der Waals surface area contributed by atoms with Gasteiger partial charge in [0.15, 0.2) is 0 Å². The van der Waals surface area contributed by atoms with Gasteiger partial charge in [0, 0.05) is 35.5 Å². The molecule has 0 spiro atoms. The summed E-state index contributed by atoms with van der Waals surface area (Å²) in [4.78, 5) is 21.1. The molecular formula is C12H20N2O4. The Kier molecular flexibility index (Phi) is 4.14. The maximum atomic E-state index is 10.7. The van der Waals surface area contributed by atoms with Crippen molar-refractivity contribution in [3.05, 3.63) is 20.2 Å². The SMILES string of the molecule is O=[N+]([O-])C1CCC(C2CCC([N+](=O)[O-])CC2)CC1. The Bertz CT molecular complexity index is 286. The van der Waals surface area contributed by atoms with E-state index in [9.17, 15) is 20.2 Å². The minimum absolute atomic E-state index is 0.153. The molecule has 6 heteroatoms. The van der Waals surface area contributed by atoms with Crippen molar-refractivity contribution < 1.29 is 9.85 Å². The zero-order valence-corrected chi connectivity index (χ0v) is 10.5. The summed E-state index contributed by atoms with van der Waals surface area (Å²) < 4.78 is 0. The highest BCUT2D eigenvalue weighted by Gasteiger charge is 2.36. The van der Waals surface area contributed by atoms with Crippen LogP contribution in [-0.2, 0) is 0 Å². The second-order valence-corrected chi connectivity index (χ2v) is 5.71. The molecular weight excluding hydrogens is 236 g/mol. The van der Waals surface area contributed by atoms with Crippen LogP contribution >= 0.6 is 0 Å². The van der Waals surface area contributed by atoms with Gasteiger partial charge in [0.05, 0.1) is 0 Å². The fourth-order valence-corrected chi connectivity index (χ4v) is 3.57. The second kappa shape index (κ2) is 5.63. The molecule has 0 heterocycles.